The summed E-state index contributed by atoms with van der Waals surface area (Å²) < 4.78 is 4.60. The number of aryl methyl sites for hydroxylation is 2. The maximum atomic E-state index is 4.98. The summed E-state index contributed by atoms with van der Waals surface area (Å²) in [7, 11) is 0. The van der Waals surface area contributed by atoms with Gasteiger partial charge in [-0.15, -0.1) is 3.22 Å². The van der Waals surface area contributed by atoms with Crippen LogP contribution in [0.5, 0.6) is 5.75 Å². The molecule has 0 bridgehead atoms. The van der Waals surface area contributed by atoms with E-state index in [-0.39, 0.29) is 0 Å². The van der Waals surface area contributed by atoms with Gasteiger partial charge in [-0.25, -0.2) is 0 Å². The van der Waals surface area contributed by atoms with Crippen LogP contribution in [0.4, 0.5) is 0 Å². The minimum Gasteiger partial charge on any atom is -0.358 e. The summed E-state index contributed by atoms with van der Waals surface area (Å²) in [6, 6.07) is 5.98. The van der Waals surface area contributed by atoms with Crippen LogP contribution in [0.1, 0.15) is 11.3 Å². The third-order valence-electron chi connectivity index (χ3n) is 2.16. The van der Waals surface area contributed by atoms with Crippen molar-refractivity contribution >= 4 is 33.9 Å². The number of hydrogen-bond donors (Lipinski definition) is 1. The average molecular weight is 303 g/mol. The minimum absolute atomic E-state index is 0.725. The van der Waals surface area contributed by atoms with E-state index >= 15 is 0 Å². The zero-order valence-electron chi connectivity index (χ0n) is 7.93. The molecule has 0 aliphatic carbocycles. The Kier molecular flexibility index (Phi) is 2.64. The predicted molar refractivity (Wildman–Crippen MR) is 63.5 cm³/mol. The second kappa shape index (κ2) is 3.78. The van der Waals surface area contributed by atoms with Crippen molar-refractivity contribution in [3.63, 3.8) is 0 Å². The van der Waals surface area contributed by atoms with Gasteiger partial charge in [0.25, 0.3) is 0 Å². The highest BCUT2D eigenvalue weighted by molar-refractivity contribution is 14.1. The summed E-state index contributed by atoms with van der Waals surface area (Å²) in [6.07, 6.45) is 0. The molecule has 0 unspecified atom stereocenters. The number of fused-ring (bicyclic) bond motifs is 1. The Morgan fingerprint density at radius 2 is 2.00 bits per heavy atom. The van der Waals surface area contributed by atoms with Crippen LogP contribution in [0.2, 0.25) is 0 Å². The normalized spacial score (nSPS) is 10.8. The Morgan fingerprint density at radius 1 is 1.21 bits per heavy atom. The van der Waals surface area contributed by atoms with Crippen LogP contribution in [0.25, 0.3) is 10.9 Å². The molecule has 0 radical (unpaired) electrons. The minimum atomic E-state index is 0.725. The number of halogens is 1. The second-order valence-corrected chi connectivity index (χ2v) is 3.66. The standard InChI is InChI=1S/C10H10INO2/c1-6-3-9(13-14-11)5-8-4-7(2)12-10(6)8/h3-5,12H,1-2H3. The zero-order valence-corrected chi connectivity index (χ0v) is 10.1. The summed E-state index contributed by atoms with van der Waals surface area (Å²) in [6.45, 7) is 4.08. The first kappa shape index (κ1) is 9.79. The highest BCUT2D eigenvalue weighted by Gasteiger charge is 2.04. The first-order valence-electron chi connectivity index (χ1n) is 4.26. The van der Waals surface area contributed by atoms with E-state index in [0.29, 0.717) is 0 Å². The van der Waals surface area contributed by atoms with Crippen molar-refractivity contribution in [2.24, 2.45) is 0 Å². The van der Waals surface area contributed by atoms with E-state index in [1.54, 1.807) is 23.0 Å². The van der Waals surface area contributed by atoms with Gasteiger partial charge in [0.05, 0.1) is 0 Å². The highest BCUT2D eigenvalue weighted by Crippen LogP contribution is 2.25. The molecule has 3 nitrogen and oxygen atoms in total. The molecule has 0 spiro atoms. The third kappa shape index (κ3) is 1.72. The lowest BCUT2D eigenvalue weighted by molar-refractivity contribution is -0.0470. The van der Waals surface area contributed by atoms with Crippen molar-refractivity contribution in [1.82, 2.24) is 4.98 Å². The first-order valence-corrected chi connectivity index (χ1v) is 5.14. The van der Waals surface area contributed by atoms with E-state index in [1.165, 1.54) is 0 Å². The van der Waals surface area contributed by atoms with Crippen LogP contribution in [-0.2, 0) is 3.22 Å². The number of aromatic amines is 1. The zero-order chi connectivity index (χ0) is 10.1. The maximum absolute atomic E-state index is 4.98. The van der Waals surface area contributed by atoms with Crippen LogP contribution >= 0.6 is 23.0 Å². The molecule has 74 valence electrons. The van der Waals surface area contributed by atoms with E-state index in [0.717, 1.165) is 27.9 Å². The quantitative estimate of drug-likeness (QED) is 0.524. The molecule has 0 atom stereocenters. The Labute approximate surface area is 96.0 Å². The van der Waals surface area contributed by atoms with Gasteiger partial charge < -0.3 is 9.87 Å². The molecule has 1 N–H and O–H groups in total. The Morgan fingerprint density at radius 3 is 2.71 bits per heavy atom. The highest BCUT2D eigenvalue weighted by atomic mass is 127. The third-order valence-corrected chi connectivity index (χ3v) is 2.34. The van der Waals surface area contributed by atoms with Gasteiger partial charge in [-0.3, -0.25) is 0 Å². The molecule has 1 aromatic carbocycles. The van der Waals surface area contributed by atoms with E-state index in [1.807, 2.05) is 26.0 Å². The lowest BCUT2D eigenvalue weighted by atomic mass is 10.1. The second-order valence-electron chi connectivity index (χ2n) is 3.30. The maximum Gasteiger partial charge on any atom is 0.170 e. The van der Waals surface area contributed by atoms with E-state index in [2.05, 4.69) is 14.3 Å². The number of nitrogens with one attached hydrogen (secondary N) is 1. The van der Waals surface area contributed by atoms with Crippen molar-refractivity contribution in [3.05, 3.63) is 29.5 Å². The van der Waals surface area contributed by atoms with Gasteiger partial charge in [0, 0.05) is 16.6 Å². The largest absolute Gasteiger partial charge is 0.358 e. The Hall–Kier alpha value is -0.750. The smallest absolute Gasteiger partial charge is 0.170 e. The molecule has 4 heteroatoms. The van der Waals surface area contributed by atoms with E-state index < -0.39 is 0 Å². The molecule has 0 saturated heterocycles. The molecule has 14 heavy (non-hydrogen) atoms. The molecule has 0 saturated carbocycles. The lowest BCUT2D eigenvalue weighted by Gasteiger charge is -2.01. The van der Waals surface area contributed by atoms with Crippen molar-refractivity contribution in [2.75, 3.05) is 0 Å². The molecule has 0 fully saturated rings. The van der Waals surface area contributed by atoms with Gasteiger partial charge in [0.1, 0.15) is 0 Å². The first-order chi connectivity index (χ1) is 6.70. The Bertz CT molecular complexity index is 464. The van der Waals surface area contributed by atoms with Gasteiger partial charge in [0.15, 0.2) is 28.8 Å². The van der Waals surface area contributed by atoms with Gasteiger partial charge in [-0.05, 0) is 37.6 Å². The van der Waals surface area contributed by atoms with Crippen LogP contribution in [0, 0.1) is 13.8 Å². The number of rotatable bonds is 2. The summed E-state index contributed by atoms with van der Waals surface area (Å²) in [5.41, 5.74) is 3.46. The monoisotopic (exact) mass is 303 g/mol. The molecule has 1 aromatic heterocycles. The number of benzene rings is 1. The van der Waals surface area contributed by atoms with Gasteiger partial charge in [-0.1, -0.05) is 0 Å². The molecule has 0 aliphatic rings. The number of H-pyrrole nitrogens is 1. The van der Waals surface area contributed by atoms with Crippen LogP contribution in [-0.4, -0.2) is 4.98 Å². The molecule has 2 aromatic rings. The fraction of sp³-hybridized carbons (Fsp3) is 0.200. The van der Waals surface area contributed by atoms with E-state index in [4.69, 9.17) is 4.89 Å². The molecule has 2 rings (SSSR count). The number of hydrogen-bond acceptors (Lipinski definition) is 2. The van der Waals surface area contributed by atoms with E-state index in [9.17, 15) is 0 Å². The van der Waals surface area contributed by atoms with Crippen molar-refractivity contribution in [2.45, 2.75) is 13.8 Å². The van der Waals surface area contributed by atoms with Crippen LogP contribution < -0.4 is 4.89 Å². The Balaban J connectivity index is 2.59. The van der Waals surface area contributed by atoms with Crippen LogP contribution in [0.3, 0.4) is 0 Å². The number of aromatic nitrogens is 1. The fourth-order valence-electron chi connectivity index (χ4n) is 1.62. The topological polar surface area (TPSA) is 34.2 Å². The fourth-order valence-corrected chi connectivity index (χ4v) is 1.82. The predicted octanol–water partition coefficient (Wildman–Crippen LogP) is 3.45. The van der Waals surface area contributed by atoms with Gasteiger partial charge in [-0.2, -0.15) is 0 Å². The van der Waals surface area contributed by atoms with Crippen LogP contribution in [0.15, 0.2) is 18.2 Å². The summed E-state index contributed by atoms with van der Waals surface area (Å²) in [5, 5.41) is 1.14. The summed E-state index contributed by atoms with van der Waals surface area (Å²) >= 11 is 1.70. The average Bonchev–Trinajstić information content (AvgIpc) is 2.47. The summed E-state index contributed by atoms with van der Waals surface area (Å²) in [4.78, 5) is 8.27. The molecule has 0 amide bonds. The van der Waals surface area contributed by atoms with Crippen molar-refractivity contribution in [1.29, 1.82) is 0 Å². The SMILES string of the molecule is Cc1cc2cc(OOI)cc(C)c2[nH]1. The lowest BCUT2D eigenvalue weighted by Crippen LogP contribution is -1.86. The summed E-state index contributed by atoms with van der Waals surface area (Å²) in [5.74, 6) is 0.725. The molecular formula is C10H10INO2. The van der Waals surface area contributed by atoms with Crippen molar-refractivity contribution < 1.29 is 8.10 Å². The molecule has 1 heterocycles. The molecular weight excluding hydrogens is 293 g/mol. The van der Waals surface area contributed by atoms with Gasteiger partial charge in [0.2, 0.25) is 0 Å². The van der Waals surface area contributed by atoms with Gasteiger partial charge >= 0.3 is 0 Å². The molecule has 0 aliphatic heterocycles. The van der Waals surface area contributed by atoms with Crippen molar-refractivity contribution in [3.8, 4) is 5.75 Å².